The normalized spacial score (nSPS) is 22.9. The number of aryl methyl sites for hydroxylation is 1. The van der Waals surface area contributed by atoms with Crippen molar-refractivity contribution in [3.63, 3.8) is 0 Å². The second-order valence-corrected chi connectivity index (χ2v) is 3.99. The van der Waals surface area contributed by atoms with Gasteiger partial charge in [0.15, 0.2) is 0 Å². The van der Waals surface area contributed by atoms with Crippen LogP contribution in [0.2, 0.25) is 0 Å². The van der Waals surface area contributed by atoms with Crippen LogP contribution < -0.4 is 0 Å². The Morgan fingerprint density at radius 2 is 2.43 bits per heavy atom. The van der Waals surface area contributed by atoms with E-state index >= 15 is 0 Å². The molecule has 14 heavy (non-hydrogen) atoms. The van der Waals surface area contributed by atoms with Gasteiger partial charge in [0.1, 0.15) is 0 Å². The number of aromatic nitrogens is 1. The van der Waals surface area contributed by atoms with Gasteiger partial charge in [0.2, 0.25) is 0 Å². The van der Waals surface area contributed by atoms with Crippen LogP contribution in [0.1, 0.15) is 37.1 Å². The minimum absolute atomic E-state index is 0.571. The number of nitrogens with zero attached hydrogens (tertiary/aromatic N) is 2. The van der Waals surface area contributed by atoms with E-state index in [0.717, 1.165) is 6.54 Å². The van der Waals surface area contributed by atoms with Crippen molar-refractivity contribution in [1.82, 2.24) is 9.88 Å². The summed E-state index contributed by atoms with van der Waals surface area (Å²) in [5.74, 6) is 0. The fourth-order valence-corrected chi connectivity index (χ4v) is 2.36. The zero-order chi connectivity index (χ0) is 9.97. The van der Waals surface area contributed by atoms with E-state index < -0.39 is 0 Å². The lowest BCUT2D eigenvalue weighted by molar-refractivity contribution is 0.266. The highest BCUT2D eigenvalue weighted by Gasteiger charge is 2.26. The van der Waals surface area contributed by atoms with Crippen LogP contribution in [0.3, 0.4) is 0 Å². The Kier molecular flexibility index (Phi) is 2.82. The van der Waals surface area contributed by atoms with E-state index in [9.17, 15) is 0 Å². The summed E-state index contributed by atoms with van der Waals surface area (Å²) >= 11 is 0. The fraction of sp³-hybridized carbons (Fsp3) is 0.583. The Hall–Kier alpha value is -0.890. The van der Waals surface area contributed by atoms with Crippen LogP contribution in [0.5, 0.6) is 0 Å². The lowest BCUT2D eigenvalue weighted by Gasteiger charge is -2.23. The van der Waals surface area contributed by atoms with Gasteiger partial charge in [-0.2, -0.15) is 0 Å². The van der Waals surface area contributed by atoms with Crippen molar-refractivity contribution < 1.29 is 0 Å². The summed E-state index contributed by atoms with van der Waals surface area (Å²) in [5, 5.41) is 0. The van der Waals surface area contributed by atoms with Gasteiger partial charge in [0.25, 0.3) is 0 Å². The standard InChI is InChI=1S/C12H18N2/c1-3-14-9-5-7-11(14)12-10(2)6-4-8-13-12/h4,6,8,11H,3,5,7,9H2,1-2H3. The molecule has 0 aromatic carbocycles. The van der Waals surface area contributed by atoms with Gasteiger partial charge >= 0.3 is 0 Å². The molecule has 1 aromatic heterocycles. The van der Waals surface area contributed by atoms with Crippen LogP contribution >= 0.6 is 0 Å². The third-order valence-electron chi connectivity index (χ3n) is 3.14. The highest BCUT2D eigenvalue weighted by Crippen LogP contribution is 2.31. The molecule has 0 aliphatic carbocycles. The maximum atomic E-state index is 4.52. The lowest BCUT2D eigenvalue weighted by atomic mass is 10.1. The molecule has 1 aliphatic rings. The van der Waals surface area contributed by atoms with Crippen molar-refractivity contribution in [2.45, 2.75) is 32.7 Å². The molecule has 1 saturated heterocycles. The zero-order valence-electron chi connectivity index (χ0n) is 9.03. The van der Waals surface area contributed by atoms with Gasteiger partial charge < -0.3 is 0 Å². The van der Waals surface area contributed by atoms with Crippen LogP contribution in [0.15, 0.2) is 18.3 Å². The van der Waals surface area contributed by atoms with Crippen molar-refractivity contribution in [2.75, 3.05) is 13.1 Å². The first-order valence-electron chi connectivity index (χ1n) is 5.48. The van der Waals surface area contributed by atoms with Gasteiger partial charge in [-0.25, -0.2) is 0 Å². The van der Waals surface area contributed by atoms with Crippen molar-refractivity contribution in [1.29, 1.82) is 0 Å². The Balaban J connectivity index is 2.26. The summed E-state index contributed by atoms with van der Waals surface area (Å²) in [5.41, 5.74) is 2.62. The first-order chi connectivity index (χ1) is 6.83. The molecule has 2 heteroatoms. The SMILES string of the molecule is CCN1CCCC1c1ncccc1C. The van der Waals surface area contributed by atoms with E-state index in [1.807, 2.05) is 12.3 Å². The van der Waals surface area contributed by atoms with E-state index in [1.165, 1.54) is 30.6 Å². The number of rotatable bonds is 2. The van der Waals surface area contributed by atoms with Crippen molar-refractivity contribution in [3.05, 3.63) is 29.6 Å². The summed E-state index contributed by atoms with van der Waals surface area (Å²) in [4.78, 5) is 7.04. The molecule has 0 saturated carbocycles. The molecule has 2 heterocycles. The van der Waals surface area contributed by atoms with E-state index in [4.69, 9.17) is 0 Å². The predicted molar refractivity (Wildman–Crippen MR) is 58.2 cm³/mol. The number of pyridine rings is 1. The van der Waals surface area contributed by atoms with Gasteiger partial charge in [-0.1, -0.05) is 13.0 Å². The van der Waals surface area contributed by atoms with E-state index in [0.29, 0.717) is 6.04 Å². The van der Waals surface area contributed by atoms with E-state index in [1.54, 1.807) is 0 Å². The molecule has 2 nitrogen and oxygen atoms in total. The molecule has 0 amide bonds. The average Bonchev–Trinajstić information content (AvgIpc) is 2.66. The molecule has 1 aromatic rings. The van der Waals surface area contributed by atoms with Crippen LogP contribution in [-0.2, 0) is 0 Å². The second-order valence-electron chi connectivity index (χ2n) is 3.99. The van der Waals surface area contributed by atoms with Crippen molar-refractivity contribution >= 4 is 0 Å². The van der Waals surface area contributed by atoms with Crippen LogP contribution in [0.4, 0.5) is 0 Å². The van der Waals surface area contributed by atoms with Gasteiger partial charge in [-0.15, -0.1) is 0 Å². The summed E-state index contributed by atoms with van der Waals surface area (Å²) in [6.45, 7) is 6.77. The Morgan fingerprint density at radius 3 is 3.14 bits per heavy atom. The summed E-state index contributed by atoms with van der Waals surface area (Å²) < 4.78 is 0. The number of hydrogen-bond acceptors (Lipinski definition) is 2. The minimum atomic E-state index is 0.571. The Bertz CT molecular complexity index is 309. The highest BCUT2D eigenvalue weighted by molar-refractivity contribution is 5.21. The third kappa shape index (κ3) is 1.67. The van der Waals surface area contributed by atoms with Gasteiger partial charge in [0.05, 0.1) is 11.7 Å². The van der Waals surface area contributed by atoms with Gasteiger partial charge in [0, 0.05) is 6.20 Å². The topological polar surface area (TPSA) is 16.1 Å². The highest BCUT2D eigenvalue weighted by atomic mass is 15.2. The van der Waals surface area contributed by atoms with Crippen LogP contribution in [0, 0.1) is 6.92 Å². The average molecular weight is 190 g/mol. The molecule has 0 spiro atoms. The van der Waals surface area contributed by atoms with Crippen LogP contribution in [-0.4, -0.2) is 23.0 Å². The lowest BCUT2D eigenvalue weighted by Crippen LogP contribution is -2.23. The minimum Gasteiger partial charge on any atom is -0.295 e. The molecule has 0 radical (unpaired) electrons. The number of hydrogen-bond donors (Lipinski definition) is 0. The molecule has 1 atom stereocenters. The van der Waals surface area contributed by atoms with Gasteiger partial charge in [-0.05, 0) is 44.5 Å². The molecule has 0 N–H and O–H groups in total. The van der Waals surface area contributed by atoms with E-state index in [-0.39, 0.29) is 0 Å². The van der Waals surface area contributed by atoms with E-state index in [2.05, 4.69) is 29.8 Å². The monoisotopic (exact) mass is 190 g/mol. The molecule has 0 bridgehead atoms. The largest absolute Gasteiger partial charge is 0.295 e. The summed E-state index contributed by atoms with van der Waals surface area (Å²) in [6.07, 6.45) is 4.49. The summed E-state index contributed by atoms with van der Waals surface area (Å²) in [6, 6.07) is 4.75. The van der Waals surface area contributed by atoms with Crippen LogP contribution in [0.25, 0.3) is 0 Å². The first kappa shape index (κ1) is 9.66. The van der Waals surface area contributed by atoms with Crippen molar-refractivity contribution in [2.24, 2.45) is 0 Å². The Morgan fingerprint density at radius 1 is 1.57 bits per heavy atom. The van der Waals surface area contributed by atoms with Crippen molar-refractivity contribution in [3.8, 4) is 0 Å². The molecule has 2 rings (SSSR count). The molecular weight excluding hydrogens is 172 g/mol. The molecule has 76 valence electrons. The quantitative estimate of drug-likeness (QED) is 0.712. The maximum Gasteiger partial charge on any atom is 0.0604 e. The third-order valence-corrected chi connectivity index (χ3v) is 3.14. The second kappa shape index (κ2) is 4.09. The van der Waals surface area contributed by atoms with Gasteiger partial charge in [-0.3, -0.25) is 9.88 Å². The molecule has 1 aliphatic heterocycles. The Labute approximate surface area is 86.0 Å². The molecular formula is C12H18N2. The first-order valence-corrected chi connectivity index (χ1v) is 5.48. The fourth-order valence-electron chi connectivity index (χ4n) is 2.36. The smallest absolute Gasteiger partial charge is 0.0604 e. The molecule has 1 unspecified atom stereocenters. The molecule has 1 fully saturated rings. The summed E-state index contributed by atoms with van der Waals surface area (Å²) in [7, 11) is 0. The number of likely N-dealkylation sites (tertiary alicyclic amines) is 1. The maximum absolute atomic E-state index is 4.52. The zero-order valence-corrected chi connectivity index (χ0v) is 9.03. The predicted octanol–water partition coefficient (Wildman–Crippen LogP) is 2.55.